The summed E-state index contributed by atoms with van der Waals surface area (Å²) in [6, 6.07) is 3.37. The van der Waals surface area contributed by atoms with E-state index in [2.05, 4.69) is 10.3 Å². The maximum Gasteiger partial charge on any atom is 0.358 e. The Balaban J connectivity index is 2.61. The van der Waals surface area contributed by atoms with Crippen molar-refractivity contribution < 1.29 is 14.3 Å². The Morgan fingerprint density at radius 2 is 2.47 bits per heavy atom. The first-order chi connectivity index (χ1) is 7.24. The highest BCUT2D eigenvalue weighted by atomic mass is 16.4. The topological polar surface area (TPSA) is 81.2 Å². The largest absolute Gasteiger partial charge is 0.476 e. The van der Waals surface area contributed by atoms with Gasteiger partial charge in [-0.3, -0.25) is 0 Å². The van der Waals surface area contributed by atoms with Gasteiger partial charge in [0.25, 0.3) is 0 Å². The molecule has 0 aliphatic rings. The molecule has 0 aromatic carbocycles. The van der Waals surface area contributed by atoms with Crippen molar-refractivity contribution in [3.05, 3.63) is 24.1 Å². The summed E-state index contributed by atoms with van der Waals surface area (Å²) in [7, 11) is 0. The number of hydrogen-bond acceptors (Lipinski definition) is 4. The normalized spacial score (nSPS) is 10.5. The predicted octanol–water partition coefficient (Wildman–Crippen LogP) is 1.26. The Morgan fingerprint density at radius 3 is 3.00 bits per heavy atom. The fourth-order valence-corrected chi connectivity index (χ4v) is 1.34. The second-order valence-electron chi connectivity index (χ2n) is 2.88. The monoisotopic (exact) mass is 207 g/mol. The van der Waals surface area contributed by atoms with Gasteiger partial charge in [0, 0.05) is 6.54 Å². The SMILES string of the molecule is CCn1nnc(C(=O)O)c1-c1ccco1. The quantitative estimate of drug-likeness (QED) is 0.819. The maximum absolute atomic E-state index is 10.9. The van der Waals surface area contributed by atoms with Crippen LogP contribution in [0.3, 0.4) is 0 Å². The molecule has 2 aromatic rings. The van der Waals surface area contributed by atoms with Crippen LogP contribution in [0.2, 0.25) is 0 Å². The lowest BCUT2D eigenvalue weighted by Gasteiger charge is -2.00. The minimum absolute atomic E-state index is 0.0909. The third-order valence-corrected chi connectivity index (χ3v) is 1.99. The summed E-state index contributed by atoms with van der Waals surface area (Å²) in [6.07, 6.45) is 1.48. The molecule has 78 valence electrons. The zero-order valence-corrected chi connectivity index (χ0v) is 8.04. The number of aromatic nitrogens is 3. The summed E-state index contributed by atoms with van der Waals surface area (Å²) in [5, 5.41) is 16.2. The van der Waals surface area contributed by atoms with E-state index in [1.807, 2.05) is 6.92 Å². The lowest BCUT2D eigenvalue weighted by Crippen LogP contribution is -2.02. The minimum atomic E-state index is -1.11. The highest BCUT2D eigenvalue weighted by Gasteiger charge is 2.21. The molecule has 2 aromatic heterocycles. The molecule has 0 aliphatic heterocycles. The summed E-state index contributed by atoms with van der Waals surface area (Å²) < 4.78 is 6.64. The number of carboxylic acid groups (broad SMARTS) is 1. The van der Waals surface area contributed by atoms with E-state index >= 15 is 0 Å². The van der Waals surface area contributed by atoms with E-state index in [0.29, 0.717) is 18.0 Å². The Bertz CT molecular complexity index is 473. The average Bonchev–Trinajstić information content (AvgIpc) is 2.85. The van der Waals surface area contributed by atoms with E-state index in [9.17, 15) is 4.79 Å². The van der Waals surface area contributed by atoms with Crippen LogP contribution < -0.4 is 0 Å². The smallest absolute Gasteiger partial charge is 0.358 e. The molecular weight excluding hydrogens is 198 g/mol. The van der Waals surface area contributed by atoms with Gasteiger partial charge in [-0.1, -0.05) is 5.21 Å². The molecule has 1 N–H and O–H groups in total. The van der Waals surface area contributed by atoms with Gasteiger partial charge in [-0.25, -0.2) is 9.48 Å². The van der Waals surface area contributed by atoms with Gasteiger partial charge in [0.1, 0.15) is 5.69 Å². The molecule has 0 unspecified atom stereocenters. The highest BCUT2D eigenvalue weighted by Crippen LogP contribution is 2.22. The lowest BCUT2D eigenvalue weighted by atomic mass is 10.2. The lowest BCUT2D eigenvalue weighted by molar-refractivity contribution is 0.0691. The van der Waals surface area contributed by atoms with E-state index in [4.69, 9.17) is 9.52 Å². The van der Waals surface area contributed by atoms with Crippen molar-refractivity contribution >= 4 is 5.97 Å². The van der Waals surface area contributed by atoms with Crippen LogP contribution >= 0.6 is 0 Å². The first kappa shape index (κ1) is 9.45. The first-order valence-electron chi connectivity index (χ1n) is 4.44. The number of nitrogens with zero attached hydrogens (tertiary/aromatic N) is 3. The maximum atomic E-state index is 10.9. The van der Waals surface area contributed by atoms with Gasteiger partial charge in [-0.2, -0.15) is 0 Å². The number of aryl methyl sites for hydroxylation is 1. The van der Waals surface area contributed by atoms with Crippen molar-refractivity contribution in [1.82, 2.24) is 15.0 Å². The number of carboxylic acids is 1. The van der Waals surface area contributed by atoms with Gasteiger partial charge < -0.3 is 9.52 Å². The predicted molar refractivity (Wildman–Crippen MR) is 50.4 cm³/mol. The molecule has 6 heteroatoms. The van der Waals surface area contributed by atoms with Crippen LogP contribution in [-0.2, 0) is 6.54 Å². The third kappa shape index (κ3) is 1.50. The van der Waals surface area contributed by atoms with Crippen LogP contribution in [0.5, 0.6) is 0 Å². The molecule has 0 aliphatic carbocycles. The molecular formula is C9H9N3O3. The zero-order valence-electron chi connectivity index (χ0n) is 8.04. The van der Waals surface area contributed by atoms with Crippen molar-refractivity contribution in [2.45, 2.75) is 13.5 Å². The van der Waals surface area contributed by atoms with Gasteiger partial charge in [-0.05, 0) is 19.1 Å². The van der Waals surface area contributed by atoms with E-state index in [-0.39, 0.29) is 5.69 Å². The van der Waals surface area contributed by atoms with Crippen LogP contribution in [-0.4, -0.2) is 26.1 Å². The van der Waals surface area contributed by atoms with Gasteiger partial charge in [0.05, 0.1) is 6.26 Å². The van der Waals surface area contributed by atoms with E-state index < -0.39 is 5.97 Å². The Hall–Kier alpha value is -2.11. The molecule has 6 nitrogen and oxygen atoms in total. The molecule has 0 amide bonds. The van der Waals surface area contributed by atoms with Crippen LogP contribution in [0.25, 0.3) is 11.5 Å². The van der Waals surface area contributed by atoms with E-state index in [0.717, 1.165) is 0 Å². The van der Waals surface area contributed by atoms with Crippen molar-refractivity contribution in [3.8, 4) is 11.5 Å². The Morgan fingerprint density at radius 1 is 1.67 bits per heavy atom. The van der Waals surface area contributed by atoms with Gasteiger partial charge >= 0.3 is 5.97 Å². The molecule has 0 radical (unpaired) electrons. The number of rotatable bonds is 3. The molecule has 15 heavy (non-hydrogen) atoms. The van der Waals surface area contributed by atoms with Crippen LogP contribution in [0.15, 0.2) is 22.8 Å². The Kier molecular flexibility index (Phi) is 2.24. The molecule has 2 rings (SSSR count). The van der Waals surface area contributed by atoms with Crippen molar-refractivity contribution in [3.63, 3.8) is 0 Å². The van der Waals surface area contributed by atoms with E-state index in [1.165, 1.54) is 10.9 Å². The fraction of sp³-hybridized carbons (Fsp3) is 0.222. The number of hydrogen-bond donors (Lipinski definition) is 1. The van der Waals surface area contributed by atoms with Gasteiger partial charge in [0.2, 0.25) is 5.69 Å². The summed E-state index contributed by atoms with van der Waals surface area (Å²) in [6.45, 7) is 2.39. The number of carbonyl (C=O) groups is 1. The third-order valence-electron chi connectivity index (χ3n) is 1.99. The Labute approximate surface area is 85.1 Å². The standard InChI is InChI=1S/C9H9N3O3/c1-2-12-8(6-4-3-5-15-6)7(9(13)14)10-11-12/h3-5H,2H2,1H3,(H,13,14). The molecule has 0 fully saturated rings. The van der Waals surface area contributed by atoms with Gasteiger partial charge in [0.15, 0.2) is 5.76 Å². The van der Waals surface area contributed by atoms with Crippen LogP contribution in [0.4, 0.5) is 0 Å². The summed E-state index contributed by atoms with van der Waals surface area (Å²) in [5.41, 5.74) is 0.307. The molecule has 2 heterocycles. The summed E-state index contributed by atoms with van der Waals surface area (Å²) >= 11 is 0. The summed E-state index contributed by atoms with van der Waals surface area (Å²) in [5.74, 6) is -0.652. The van der Waals surface area contributed by atoms with Crippen molar-refractivity contribution in [2.24, 2.45) is 0 Å². The molecule has 0 bridgehead atoms. The van der Waals surface area contributed by atoms with Crippen molar-refractivity contribution in [2.75, 3.05) is 0 Å². The molecule has 0 spiro atoms. The number of furan rings is 1. The highest BCUT2D eigenvalue weighted by molar-refractivity contribution is 5.91. The van der Waals surface area contributed by atoms with Crippen LogP contribution in [0, 0.1) is 0 Å². The van der Waals surface area contributed by atoms with E-state index in [1.54, 1.807) is 12.1 Å². The second-order valence-corrected chi connectivity index (χ2v) is 2.88. The molecule has 0 atom stereocenters. The van der Waals surface area contributed by atoms with Crippen LogP contribution in [0.1, 0.15) is 17.4 Å². The molecule has 0 saturated carbocycles. The van der Waals surface area contributed by atoms with Gasteiger partial charge in [-0.15, -0.1) is 5.10 Å². The second kappa shape index (κ2) is 3.56. The minimum Gasteiger partial charge on any atom is -0.476 e. The fourth-order valence-electron chi connectivity index (χ4n) is 1.34. The number of aromatic carboxylic acids is 1. The van der Waals surface area contributed by atoms with Crippen molar-refractivity contribution in [1.29, 1.82) is 0 Å². The summed E-state index contributed by atoms with van der Waals surface area (Å²) in [4.78, 5) is 10.9. The first-order valence-corrected chi connectivity index (χ1v) is 4.44. The average molecular weight is 207 g/mol. The molecule has 0 saturated heterocycles. The zero-order chi connectivity index (χ0) is 10.8.